The quantitative estimate of drug-likeness (QED) is 0.215. The van der Waals surface area contributed by atoms with E-state index in [1.165, 1.54) is 11.8 Å². The highest BCUT2D eigenvalue weighted by atomic mass is 35.5. The second-order valence-corrected chi connectivity index (χ2v) is 8.57. The van der Waals surface area contributed by atoms with Gasteiger partial charge in [-0.25, -0.2) is 14.1 Å². The number of carbonyl (C=O) groups excluding carboxylic acids is 1. The number of aryl methyl sites for hydroxylation is 1. The summed E-state index contributed by atoms with van der Waals surface area (Å²) in [6.45, 7) is 0.512. The van der Waals surface area contributed by atoms with Crippen molar-refractivity contribution in [1.82, 2.24) is 15.3 Å². The Bertz CT molecular complexity index is 1280. The Morgan fingerprint density at radius 2 is 1.73 bits per heavy atom. The van der Waals surface area contributed by atoms with Crippen LogP contribution >= 0.6 is 36.0 Å². The summed E-state index contributed by atoms with van der Waals surface area (Å²) in [6.07, 6.45) is 3.17. The van der Waals surface area contributed by atoms with Crippen molar-refractivity contribution in [3.05, 3.63) is 82.5 Å². The highest BCUT2D eigenvalue weighted by Gasteiger charge is 2.15. The molecule has 1 heterocycles. The largest absolute Gasteiger partial charge is 0.505 e. The van der Waals surface area contributed by atoms with Crippen LogP contribution in [0.5, 0.6) is 5.75 Å². The second kappa shape index (κ2) is 10.3. The van der Waals surface area contributed by atoms with Crippen LogP contribution < -0.4 is 9.62 Å². The van der Waals surface area contributed by atoms with Crippen molar-refractivity contribution >= 4 is 58.9 Å². The number of aromatic hydroxyl groups is 1. The van der Waals surface area contributed by atoms with Gasteiger partial charge in [-0.15, -0.1) is 0 Å². The fourth-order valence-electron chi connectivity index (χ4n) is 3.33. The van der Waals surface area contributed by atoms with E-state index in [9.17, 15) is 9.90 Å². The van der Waals surface area contributed by atoms with Gasteiger partial charge in [0.25, 0.3) is 0 Å². The minimum absolute atomic E-state index is 0.155. The van der Waals surface area contributed by atoms with Crippen LogP contribution in [-0.4, -0.2) is 27.7 Å². The Hall–Kier alpha value is -3.00. The van der Waals surface area contributed by atoms with E-state index in [1.54, 1.807) is 12.1 Å². The normalized spacial score (nSPS) is 10.9. The molecular weight excluding hydrogens is 479 g/mol. The maximum Gasteiger partial charge on any atom is 0.333 e. The van der Waals surface area contributed by atoms with E-state index in [1.807, 2.05) is 36.4 Å². The number of carbonyl (C=O) groups is 1. The summed E-state index contributed by atoms with van der Waals surface area (Å²) in [4.78, 5) is 21.4. The van der Waals surface area contributed by atoms with Gasteiger partial charge in [0.05, 0.1) is 27.3 Å². The van der Waals surface area contributed by atoms with Gasteiger partial charge in [0.15, 0.2) is 11.6 Å². The number of nitrogens with zero attached hydrogens (tertiary/aromatic N) is 3. The lowest BCUT2D eigenvalue weighted by Gasteiger charge is -2.16. The number of urea groups is 1. The van der Waals surface area contributed by atoms with Crippen LogP contribution in [0.2, 0.25) is 10.0 Å². The van der Waals surface area contributed by atoms with Crippen molar-refractivity contribution in [2.75, 3.05) is 10.8 Å². The van der Waals surface area contributed by atoms with Gasteiger partial charge in [-0.1, -0.05) is 72.4 Å². The molecule has 0 bridgehead atoms. The summed E-state index contributed by atoms with van der Waals surface area (Å²) < 4.78 is 1.13. The van der Waals surface area contributed by atoms with Gasteiger partial charge in [0, 0.05) is 6.54 Å². The molecule has 0 aliphatic carbocycles. The van der Waals surface area contributed by atoms with Crippen LogP contribution in [0.25, 0.3) is 22.2 Å². The second-order valence-electron chi connectivity index (χ2n) is 7.35. The fourth-order valence-corrected chi connectivity index (χ4v) is 3.98. The lowest BCUT2D eigenvalue weighted by molar-refractivity contribution is 0.249. The zero-order valence-electron chi connectivity index (χ0n) is 17.4. The zero-order chi connectivity index (χ0) is 23.4. The van der Waals surface area contributed by atoms with Crippen molar-refractivity contribution < 1.29 is 9.90 Å². The van der Waals surface area contributed by atoms with Crippen LogP contribution in [-0.2, 0) is 6.42 Å². The zero-order valence-corrected chi connectivity index (χ0v) is 19.8. The van der Waals surface area contributed by atoms with Crippen LogP contribution in [0, 0.1) is 0 Å². The molecule has 0 aliphatic rings. The molecule has 2 amide bonds. The number of hydrogen-bond acceptors (Lipinski definition) is 5. The molecule has 33 heavy (non-hydrogen) atoms. The number of aromatic nitrogens is 2. The highest BCUT2D eigenvalue weighted by Crippen LogP contribution is 2.37. The number of halogens is 2. The Kier molecular flexibility index (Phi) is 7.23. The Morgan fingerprint density at radius 1 is 1.00 bits per heavy atom. The first-order valence-electron chi connectivity index (χ1n) is 10.2. The predicted molar refractivity (Wildman–Crippen MR) is 136 cm³/mol. The fraction of sp³-hybridized carbons (Fsp3) is 0.125. The molecule has 1 aromatic heterocycles. The van der Waals surface area contributed by atoms with Gasteiger partial charge >= 0.3 is 6.03 Å². The molecule has 3 aromatic carbocycles. The van der Waals surface area contributed by atoms with Gasteiger partial charge in [-0.05, 0) is 53.8 Å². The number of fused-ring (bicyclic) bond motifs is 1. The average molecular weight is 499 g/mol. The molecule has 0 spiro atoms. The lowest BCUT2D eigenvalue weighted by atomic mass is 10.0. The van der Waals surface area contributed by atoms with Crippen molar-refractivity contribution in [2.24, 2.45) is 0 Å². The molecule has 4 rings (SSSR count). The first-order chi connectivity index (χ1) is 15.9. The maximum atomic E-state index is 12.5. The van der Waals surface area contributed by atoms with Crippen molar-refractivity contribution in [3.8, 4) is 16.9 Å². The summed E-state index contributed by atoms with van der Waals surface area (Å²) in [5.41, 5.74) is 3.95. The van der Waals surface area contributed by atoms with Gasteiger partial charge in [-0.2, -0.15) is 0 Å². The third-order valence-electron chi connectivity index (χ3n) is 5.05. The molecule has 9 heteroatoms. The minimum Gasteiger partial charge on any atom is -0.505 e. The topological polar surface area (TPSA) is 78.4 Å². The molecule has 2 N–H and O–H groups in total. The third-order valence-corrected chi connectivity index (χ3v) is 6.01. The number of thiol groups is 1. The van der Waals surface area contributed by atoms with E-state index in [0.717, 1.165) is 28.3 Å². The summed E-state index contributed by atoms with van der Waals surface area (Å²) >= 11 is 16.4. The first kappa shape index (κ1) is 23.2. The molecule has 0 aliphatic heterocycles. The monoisotopic (exact) mass is 498 g/mol. The molecule has 6 nitrogen and oxygen atoms in total. The smallest absolute Gasteiger partial charge is 0.333 e. The molecule has 0 unspecified atom stereocenters. The predicted octanol–water partition coefficient (Wildman–Crippen LogP) is 6.30. The van der Waals surface area contributed by atoms with E-state index < -0.39 is 0 Å². The molecule has 4 aromatic rings. The Labute approximate surface area is 206 Å². The number of nitrogens with one attached hydrogen (secondary N) is 1. The van der Waals surface area contributed by atoms with Crippen molar-refractivity contribution in [3.63, 3.8) is 0 Å². The average Bonchev–Trinajstić information content (AvgIpc) is 2.84. The summed E-state index contributed by atoms with van der Waals surface area (Å²) in [7, 11) is 0. The molecule has 0 saturated carbocycles. The number of anilines is 1. The van der Waals surface area contributed by atoms with Crippen molar-refractivity contribution in [2.45, 2.75) is 12.8 Å². The van der Waals surface area contributed by atoms with E-state index in [4.69, 9.17) is 23.2 Å². The highest BCUT2D eigenvalue weighted by molar-refractivity contribution is 7.82. The van der Waals surface area contributed by atoms with Crippen LogP contribution in [0.3, 0.4) is 0 Å². The number of phenols is 1. The van der Waals surface area contributed by atoms with E-state index in [2.05, 4.69) is 40.2 Å². The Balaban J connectivity index is 1.46. The summed E-state index contributed by atoms with van der Waals surface area (Å²) in [5.74, 6) is 0.135. The molecular formula is C24H20Cl2N4O2S. The van der Waals surface area contributed by atoms with Gasteiger partial charge in [0.1, 0.15) is 0 Å². The SMILES string of the molecule is O=C(NCCCc1ccccc1)N(S)c1cnc2ccc(-c3cc(Cl)c(O)c(Cl)c3)cc2n1. The van der Waals surface area contributed by atoms with Crippen LogP contribution in [0.1, 0.15) is 12.0 Å². The lowest BCUT2D eigenvalue weighted by Crippen LogP contribution is -2.35. The molecule has 0 atom stereocenters. The number of benzene rings is 3. The minimum atomic E-state index is -0.381. The molecule has 168 valence electrons. The first-order valence-corrected chi connectivity index (χ1v) is 11.3. The number of rotatable bonds is 6. The van der Waals surface area contributed by atoms with E-state index in [0.29, 0.717) is 23.4 Å². The van der Waals surface area contributed by atoms with E-state index in [-0.39, 0.29) is 21.8 Å². The molecule has 0 fully saturated rings. The Morgan fingerprint density at radius 3 is 2.45 bits per heavy atom. The maximum absolute atomic E-state index is 12.5. The standard InChI is InChI=1S/C24H20Cl2N4O2S/c25-18-11-17(12-19(26)23(18)31)16-8-9-20-21(13-16)29-22(14-28-20)30(33)24(32)27-10-4-7-15-5-2-1-3-6-15/h1-3,5-6,8-9,11-14,31,33H,4,7,10H2,(H,27,32). The summed E-state index contributed by atoms with van der Waals surface area (Å²) in [6, 6.07) is 18.4. The van der Waals surface area contributed by atoms with Crippen molar-refractivity contribution in [1.29, 1.82) is 0 Å². The number of phenolic OH excluding ortho intramolecular Hbond substituents is 1. The molecule has 0 saturated heterocycles. The number of hydrogen-bond donors (Lipinski definition) is 3. The van der Waals surface area contributed by atoms with Gasteiger partial charge in [0.2, 0.25) is 0 Å². The summed E-state index contributed by atoms with van der Waals surface area (Å²) in [5, 5.41) is 13.0. The third kappa shape index (κ3) is 5.50. The van der Waals surface area contributed by atoms with Gasteiger partial charge < -0.3 is 10.4 Å². The number of amides is 2. The van der Waals surface area contributed by atoms with E-state index >= 15 is 0 Å². The van der Waals surface area contributed by atoms with Crippen LogP contribution in [0.15, 0.2) is 66.9 Å². The van der Waals surface area contributed by atoms with Gasteiger partial charge in [-0.3, -0.25) is 4.98 Å². The molecule has 0 radical (unpaired) electrons. The van der Waals surface area contributed by atoms with Crippen LogP contribution in [0.4, 0.5) is 10.6 Å².